The van der Waals surface area contributed by atoms with E-state index in [1.807, 2.05) is 42.7 Å². The maximum absolute atomic E-state index is 13.2. The van der Waals surface area contributed by atoms with Crippen LogP contribution in [0.2, 0.25) is 0 Å². The minimum Gasteiger partial charge on any atom is -0.497 e. The molecule has 0 bridgehead atoms. The van der Waals surface area contributed by atoms with Gasteiger partial charge in [0.2, 0.25) is 0 Å². The number of urea groups is 1. The molecule has 1 unspecified atom stereocenters. The predicted molar refractivity (Wildman–Crippen MR) is 134 cm³/mol. The molecule has 36 heavy (non-hydrogen) atoms. The molecule has 0 radical (unpaired) electrons. The Bertz CT molecular complexity index is 1300. The number of amides is 3. The summed E-state index contributed by atoms with van der Waals surface area (Å²) in [7, 11) is 1.60. The molecular formula is C28H30FN3O4. The second-order valence-corrected chi connectivity index (χ2v) is 9.42. The summed E-state index contributed by atoms with van der Waals surface area (Å²) in [5, 5.41) is 2.77. The van der Waals surface area contributed by atoms with Crippen molar-refractivity contribution in [3.63, 3.8) is 0 Å². The Balaban J connectivity index is 1.44. The lowest BCUT2D eigenvalue weighted by molar-refractivity contribution is -0.130. The van der Waals surface area contributed by atoms with E-state index in [0.717, 1.165) is 33.2 Å². The Labute approximate surface area is 209 Å². The molecule has 3 amide bonds. The molecular weight excluding hydrogens is 461 g/mol. The normalized spacial score (nSPS) is 17.4. The lowest BCUT2D eigenvalue weighted by Crippen LogP contribution is -2.44. The van der Waals surface area contributed by atoms with Gasteiger partial charge < -0.3 is 14.6 Å². The van der Waals surface area contributed by atoms with Gasteiger partial charge in [0.15, 0.2) is 5.78 Å². The van der Waals surface area contributed by atoms with Crippen molar-refractivity contribution in [3.05, 3.63) is 88.5 Å². The Morgan fingerprint density at radius 3 is 2.31 bits per heavy atom. The van der Waals surface area contributed by atoms with Gasteiger partial charge in [-0.1, -0.05) is 24.3 Å². The van der Waals surface area contributed by atoms with Crippen molar-refractivity contribution in [2.24, 2.45) is 0 Å². The highest BCUT2D eigenvalue weighted by molar-refractivity contribution is 6.11. The van der Waals surface area contributed by atoms with Crippen LogP contribution >= 0.6 is 0 Å². The minimum atomic E-state index is -1.09. The number of halogens is 1. The lowest BCUT2D eigenvalue weighted by atomic mass is 9.93. The molecule has 2 aromatic carbocycles. The number of rotatable bonds is 9. The van der Waals surface area contributed by atoms with E-state index in [9.17, 15) is 18.8 Å². The van der Waals surface area contributed by atoms with Gasteiger partial charge in [-0.05, 0) is 75.1 Å². The van der Waals surface area contributed by atoms with Crippen molar-refractivity contribution in [1.29, 1.82) is 0 Å². The van der Waals surface area contributed by atoms with Crippen molar-refractivity contribution in [2.45, 2.75) is 45.7 Å². The number of hydrogen-bond donors (Lipinski definition) is 1. The van der Waals surface area contributed by atoms with Gasteiger partial charge in [0.25, 0.3) is 5.91 Å². The fourth-order valence-electron chi connectivity index (χ4n) is 4.57. The van der Waals surface area contributed by atoms with Gasteiger partial charge >= 0.3 is 6.03 Å². The smallest absolute Gasteiger partial charge is 0.325 e. The zero-order chi connectivity index (χ0) is 26.0. The van der Waals surface area contributed by atoms with Crippen molar-refractivity contribution in [2.75, 3.05) is 13.7 Å². The van der Waals surface area contributed by atoms with Gasteiger partial charge in [-0.2, -0.15) is 0 Å². The molecule has 1 aromatic heterocycles. The largest absolute Gasteiger partial charge is 0.497 e. The monoisotopic (exact) mass is 491 g/mol. The number of ether oxygens (including phenoxy) is 1. The number of aryl methyl sites for hydroxylation is 2. The number of nitrogens with zero attached hydrogens (tertiary/aromatic N) is 2. The van der Waals surface area contributed by atoms with Crippen LogP contribution in [0.15, 0.2) is 54.6 Å². The molecule has 1 atom stereocenters. The van der Waals surface area contributed by atoms with Gasteiger partial charge in [-0.15, -0.1) is 0 Å². The maximum Gasteiger partial charge on any atom is 0.325 e. The van der Waals surface area contributed by atoms with Crippen LogP contribution in [0, 0.1) is 19.7 Å². The summed E-state index contributed by atoms with van der Waals surface area (Å²) in [6.07, 6.45) is 0.986. The number of carbonyl (C=O) groups excluding carboxylic acids is 3. The Morgan fingerprint density at radius 2 is 1.67 bits per heavy atom. The molecule has 2 heterocycles. The number of methoxy groups -OCH3 is 1. The van der Waals surface area contributed by atoms with E-state index in [1.165, 1.54) is 12.1 Å². The summed E-state index contributed by atoms with van der Waals surface area (Å²) < 4.78 is 20.4. The van der Waals surface area contributed by atoms with Crippen LogP contribution in [0.4, 0.5) is 9.18 Å². The Morgan fingerprint density at radius 1 is 1.03 bits per heavy atom. The van der Waals surface area contributed by atoms with Crippen LogP contribution in [0.25, 0.3) is 0 Å². The number of benzene rings is 2. The van der Waals surface area contributed by atoms with Gasteiger partial charge in [0, 0.05) is 23.5 Å². The molecule has 3 aromatic rings. The lowest BCUT2D eigenvalue weighted by Gasteiger charge is -2.21. The second-order valence-electron chi connectivity index (χ2n) is 9.42. The summed E-state index contributed by atoms with van der Waals surface area (Å²) in [5.74, 6) is -0.275. The number of hydrogen-bond acceptors (Lipinski definition) is 4. The average molecular weight is 492 g/mol. The number of nitrogens with one attached hydrogen (secondary N) is 1. The number of Topliss-reactive ketones (excluding diaryl/α,β-unsaturated/α-hetero) is 1. The highest BCUT2D eigenvalue weighted by atomic mass is 19.1. The van der Waals surface area contributed by atoms with Crippen LogP contribution in [0.5, 0.6) is 5.75 Å². The average Bonchev–Trinajstić information content (AvgIpc) is 3.26. The zero-order valence-electron chi connectivity index (χ0n) is 20.9. The highest BCUT2D eigenvalue weighted by Gasteiger charge is 2.48. The molecule has 188 valence electrons. The molecule has 1 N–H and O–H groups in total. The van der Waals surface area contributed by atoms with Crippen LogP contribution in [0.3, 0.4) is 0 Å². The van der Waals surface area contributed by atoms with Crippen LogP contribution in [0.1, 0.15) is 46.2 Å². The van der Waals surface area contributed by atoms with Gasteiger partial charge in [0.1, 0.15) is 17.1 Å². The first-order valence-corrected chi connectivity index (χ1v) is 11.8. The third kappa shape index (κ3) is 5.03. The summed E-state index contributed by atoms with van der Waals surface area (Å²) >= 11 is 0. The van der Waals surface area contributed by atoms with Gasteiger partial charge in [0.05, 0.1) is 13.7 Å². The van der Waals surface area contributed by atoms with Crippen molar-refractivity contribution < 1.29 is 23.5 Å². The van der Waals surface area contributed by atoms with Gasteiger partial charge in [-0.25, -0.2) is 9.18 Å². The standard InChI is InChI=1S/C28H30FN3O4/c1-18-15-24(19(2)31(18)16-21-5-9-22(29)10-6-21)25(33)17-32-26(34)28(3,30-27(32)35)14-13-20-7-11-23(36-4)12-8-20/h5-12,15H,13-14,16-17H2,1-4H3,(H,30,35). The topological polar surface area (TPSA) is 80.6 Å². The van der Waals surface area contributed by atoms with E-state index in [-0.39, 0.29) is 18.1 Å². The summed E-state index contributed by atoms with van der Waals surface area (Å²) in [5.41, 5.74) is 2.89. The van der Waals surface area contributed by atoms with Crippen LogP contribution in [-0.2, 0) is 17.8 Å². The minimum absolute atomic E-state index is 0.305. The van der Waals surface area contributed by atoms with Crippen molar-refractivity contribution in [1.82, 2.24) is 14.8 Å². The first-order chi connectivity index (χ1) is 17.1. The fraction of sp³-hybridized carbons (Fsp3) is 0.321. The first-order valence-electron chi connectivity index (χ1n) is 11.8. The van der Waals surface area contributed by atoms with E-state index in [1.54, 1.807) is 32.2 Å². The summed E-state index contributed by atoms with van der Waals surface area (Å²) in [6, 6.07) is 15.0. The molecule has 0 saturated carbocycles. The number of aromatic nitrogens is 1. The molecule has 0 aliphatic carbocycles. The third-order valence-electron chi connectivity index (χ3n) is 6.85. The Hall–Kier alpha value is -3.94. The van der Waals surface area contributed by atoms with Crippen LogP contribution < -0.4 is 10.1 Å². The zero-order valence-corrected chi connectivity index (χ0v) is 20.9. The molecule has 1 fully saturated rings. The molecule has 1 saturated heterocycles. The van der Waals surface area contributed by atoms with Gasteiger partial charge in [-0.3, -0.25) is 14.5 Å². The summed E-state index contributed by atoms with van der Waals surface area (Å²) in [6.45, 7) is 5.56. The number of carbonyl (C=O) groups is 3. The van der Waals surface area contributed by atoms with E-state index < -0.39 is 17.5 Å². The third-order valence-corrected chi connectivity index (χ3v) is 6.85. The highest BCUT2D eigenvalue weighted by Crippen LogP contribution is 2.25. The molecule has 8 heteroatoms. The quantitative estimate of drug-likeness (QED) is 0.355. The number of imide groups is 1. The fourth-order valence-corrected chi connectivity index (χ4v) is 4.57. The molecule has 7 nitrogen and oxygen atoms in total. The van der Waals surface area contributed by atoms with E-state index >= 15 is 0 Å². The molecule has 1 aliphatic rings. The second kappa shape index (κ2) is 9.97. The Kier molecular flexibility index (Phi) is 6.97. The van der Waals surface area contributed by atoms with Crippen molar-refractivity contribution >= 4 is 17.7 Å². The summed E-state index contributed by atoms with van der Waals surface area (Å²) in [4.78, 5) is 40.0. The van der Waals surface area contributed by atoms with E-state index in [2.05, 4.69) is 5.32 Å². The van der Waals surface area contributed by atoms with Crippen LogP contribution in [-0.4, -0.2) is 46.4 Å². The molecule has 0 spiro atoms. The molecule has 4 rings (SSSR count). The predicted octanol–water partition coefficient (Wildman–Crippen LogP) is 4.43. The first kappa shape index (κ1) is 25.2. The number of ketones is 1. The maximum atomic E-state index is 13.2. The SMILES string of the molecule is COc1ccc(CCC2(C)NC(=O)N(CC(=O)c3cc(C)n(Cc4ccc(F)cc4)c3C)C2=O)cc1. The van der Waals surface area contributed by atoms with Crippen molar-refractivity contribution in [3.8, 4) is 5.75 Å². The molecule has 1 aliphatic heterocycles. The van der Waals surface area contributed by atoms with E-state index in [4.69, 9.17) is 4.74 Å². The van der Waals surface area contributed by atoms with E-state index in [0.29, 0.717) is 24.9 Å².